The number of nitrogens with zero attached hydrogens (tertiary/aromatic N) is 6. The number of hydrogen-bond acceptors (Lipinski definition) is 13. The highest BCUT2D eigenvalue weighted by atomic mass is 33.1. The third-order valence-electron chi connectivity index (χ3n) is 12.7. The zero-order valence-electron chi connectivity index (χ0n) is 37.5. The number of pyridine rings is 1. The molecule has 8 rings (SSSR count). The average molecular weight is 927 g/mol. The van der Waals surface area contributed by atoms with Crippen LogP contribution in [0.4, 0.5) is 21.0 Å². The molecular formula is C48H58N6O9S2. The number of carbonyl (C=O) groups excluding carboxylic acids is 4. The Balaban J connectivity index is 0.908. The predicted molar refractivity (Wildman–Crippen MR) is 252 cm³/mol. The van der Waals surface area contributed by atoms with Crippen molar-refractivity contribution in [3.63, 3.8) is 0 Å². The van der Waals surface area contributed by atoms with Crippen molar-refractivity contribution in [2.75, 3.05) is 76.4 Å². The van der Waals surface area contributed by atoms with Crippen LogP contribution in [0, 0.1) is 0 Å². The van der Waals surface area contributed by atoms with Crippen LogP contribution >= 0.6 is 21.6 Å². The molecule has 4 amide bonds. The molecule has 2 saturated heterocycles. The molecule has 346 valence electrons. The topological polar surface area (TPSA) is 155 Å². The number of ether oxygens (including phenoxy) is 4. The van der Waals surface area contributed by atoms with Crippen molar-refractivity contribution in [3.8, 4) is 17.2 Å². The molecule has 0 spiro atoms. The van der Waals surface area contributed by atoms with Gasteiger partial charge in [0.25, 0.3) is 5.91 Å². The molecule has 0 bridgehead atoms. The van der Waals surface area contributed by atoms with E-state index < -0.39 is 18.4 Å². The molecule has 0 saturated carbocycles. The van der Waals surface area contributed by atoms with Crippen molar-refractivity contribution >= 4 is 67.7 Å². The highest BCUT2D eigenvalue weighted by molar-refractivity contribution is 8.76. The van der Waals surface area contributed by atoms with E-state index in [1.807, 2.05) is 61.3 Å². The van der Waals surface area contributed by atoms with Gasteiger partial charge in [-0.2, -0.15) is 0 Å². The second-order valence-electron chi connectivity index (χ2n) is 17.0. The highest BCUT2D eigenvalue weighted by Gasteiger charge is 2.45. The van der Waals surface area contributed by atoms with Gasteiger partial charge in [0, 0.05) is 80.6 Å². The largest absolute Gasteiger partial charge is 0.493 e. The number of amides is 4. The Morgan fingerprint density at radius 3 is 2.43 bits per heavy atom. The number of piperazine rings is 1. The number of fused-ring (bicyclic) bond motifs is 5. The molecule has 0 aliphatic carbocycles. The zero-order chi connectivity index (χ0) is 45.6. The third kappa shape index (κ3) is 10.1. The van der Waals surface area contributed by atoms with Crippen LogP contribution in [0.3, 0.4) is 0 Å². The first kappa shape index (κ1) is 46.3. The minimum Gasteiger partial charge on any atom is -0.493 e. The fourth-order valence-electron chi connectivity index (χ4n) is 9.12. The van der Waals surface area contributed by atoms with Crippen molar-refractivity contribution in [1.82, 2.24) is 19.7 Å². The minimum absolute atomic E-state index is 0.0119. The summed E-state index contributed by atoms with van der Waals surface area (Å²) in [6.07, 6.45) is 3.61. The SMILES string of the molecule is CC[C@@H]1CN(C(=O)CCCCCOc2cc3c(cc2OC)C(=O)N2CCC[C@H]2C(O)N3C(=O)OCC(C)SSc2ccccn2)c2cc(OC(=O)N3CCN(C)CC3)c3ccccc3c21. The summed E-state index contributed by atoms with van der Waals surface area (Å²) in [5, 5.41) is 14.3. The summed E-state index contributed by atoms with van der Waals surface area (Å²) in [6.45, 7) is 8.21. The first-order chi connectivity index (χ1) is 31.6. The molecule has 4 atom stereocenters. The lowest BCUT2D eigenvalue weighted by molar-refractivity contribution is -0.118. The molecule has 2 unspecified atom stereocenters. The number of benzene rings is 3. The van der Waals surface area contributed by atoms with Gasteiger partial charge in [0.05, 0.1) is 36.7 Å². The molecular weight excluding hydrogens is 869 g/mol. The maximum Gasteiger partial charge on any atom is 0.416 e. The van der Waals surface area contributed by atoms with Crippen LogP contribution in [0.5, 0.6) is 17.2 Å². The Kier molecular flexibility index (Phi) is 14.9. The second kappa shape index (κ2) is 20.9. The normalized spacial score (nSPS) is 20.0. The number of methoxy groups -OCH3 is 1. The third-order valence-corrected chi connectivity index (χ3v) is 15.4. The van der Waals surface area contributed by atoms with Crippen LogP contribution in [0.15, 0.2) is 71.9 Å². The Morgan fingerprint density at radius 1 is 0.908 bits per heavy atom. The van der Waals surface area contributed by atoms with Crippen LogP contribution in [-0.2, 0) is 9.53 Å². The van der Waals surface area contributed by atoms with Gasteiger partial charge in [-0.15, -0.1) is 0 Å². The van der Waals surface area contributed by atoms with Gasteiger partial charge in [-0.1, -0.05) is 48.0 Å². The number of likely N-dealkylation sites (N-methyl/N-ethyl adjacent to an activating group) is 1. The fourth-order valence-corrected chi connectivity index (χ4v) is 11.0. The number of hydrogen-bond donors (Lipinski definition) is 1. The lowest BCUT2D eigenvalue weighted by atomic mass is 9.93. The Labute approximate surface area is 388 Å². The van der Waals surface area contributed by atoms with Gasteiger partial charge >= 0.3 is 12.2 Å². The molecule has 65 heavy (non-hydrogen) atoms. The van der Waals surface area contributed by atoms with E-state index in [0.29, 0.717) is 82.0 Å². The second-order valence-corrected chi connectivity index (χ2v) is 19.7. The van der Waals surface area contributed by atoms with E-state index in [1.165, 1.54) is 33.6 Å². The maximum atomic E-state index is 14.0. The molecule has 4 aliphatic heterocycles. The maximum absolute atomic E-state index is 14.0. The zero-order valence-corrected chi connectivity index (χ0v) is 39.1. The number of unbranched alkanes of at least 4 members (excludes halogenated alkanes) is 2. The number of aromatic nitrogens is 1. The molecule has 3 aromatic carbocycles. The summed E-state index contributed by atoms with van der Waals surface area (Å²) in [5.74, 6) is 0.961. The average Bonchev–Trinajstić information content (AvgIpc) is 3.96. The van der Waals surface area contributed by atoms with E-state index >= 15 is 0 Å². The Bertz CT molecular complexity index is 2370. The quantitative estimate of drug-likeness (QED) is 0.0902. The van der Waals surface area contributed by atoms with Crippen LogP contribution < -0.4 is 24.0 Å². The smallest absolute Gasteiger partial charge is 0.416 e. The summed E-state index contributed by atoms with van der Waals surface area (Å²) < 4.78 is 23.8. The summed E-state index contributed by atoms with van der Waals surface area (Å²) in [5.41, 5.74) is 2.32. The van der Waals surface area contributed by atoms with E-state index in [2.05, 4.69) is 22.9 Å². The molecule has 1 aromatic heterocycles. The van der Waals surface area contributed by atoms with Gasteiger partial charge in [0.15, 0.2) is 17.7 Å². The number of carbonyl (C=O) groups is 4. The fraction of sp³-hybridized carbons (Fsp3) is 0.479. The number of anilines is 2. The van der Waals surface area contributed by atoms with Crippen molar-refractivity contribution < 1.29 is 43.2 Å². The summed E-state index contributed by atoms with van der Waals surface area (Å²) >= 11 is 0. The van der Waals surface area contributed by atoms with Crippen molar-refractivity contribution in [2.24, 2.45) is 0 Å². The first-order valence-electron chi connectivity index (χ1n) is 22.6. The molecule has 15 nitrogen and oxygen atoms in total. The predicted octanol–water partition coefficient (Wildman–Crippen LogP) is 8.18. The lowest BCUT2D eigenvalue weighted by Crippen LogP contribution is -2.51. The van der Waals surface area contributed by atoms with Crippen molar-refractivity contribution in [3.05, 3.63) is 78.0 Å². The molecule has 1 N–H and O–H groups in total. The molecule has 4 aromatic rings. The van der Waals surface area contributed by atoms with Gasteiger partial charge in [0.1, 0.15) is 17.4 Å². The Hall–Kier alpha value is -5.23. The molecule has 17 heteroatoms. The molecule has 5 heterocycles. The van der Waals surface area contributed by atoms with Crippen molar-refractivity contribution in [1.29, 1.82) is 0 Å². The first-order valence-corrected chi connectivity index (χ1v) is 24.8. The van der Waals surface area contributed by atoms with Crippen molar-refractivity contribution in [2.45, 2.75) is 87.3 Å². The van der Waals surface area contributed by atoms with Gasteiger partial charge in [-0.3, -0.25) is 9.59 Å². The summed E-state index contributed by atoms with van der Waals surface area (Å²) in [4.78, 5) is 68.0. The molecule has 4 aliphatic rings. The monoisotopic (exact) mass is 926 g/mol. The summed E-state index contributed by atoms with van der Waals surface area (Å²) in [7, 11) is 6.54. The standard InChI is InChI=1S/C48H58N6O9S2/c1-5-32-29-53(38-28-39(33-14-8-9-15-34(33)44(32)38)63-47(58)51-23-21-50(3)22-24-51)43(55)18-7-6-12-25-61-41-27-37-35(26-40(41)60-4)45(56)52-20-13-16-36(52)46(57)54(37)48(59)62-30-31(2)64-65-42-17-10-11-19-49-42/h8-11,14-15,17,19,26-28,31-32,36,46,57H,5-7,12-13,16,18,20-25,29-30H2,1-4H3/t31?,32-,36+,46?/m1/s1. The van der Waals surface area contributed by atoms with Crippen LogP contribution in [-0.4, -0.2) is 133 Å². The van der Waals surface area contributed by atoms with Gasteiger partial charge in [0.2, 0.25) is 5.91 Å². The van der Waals surface area contributed by atoms with E-state index in [4.69, 9.17) is 18.9 Å². The number of aliphatic hydroxyl groups excluding tert-OH is 1. The van der Waals surface area contributed by atoms with Gasteiger partial charge < -0.3 is 43.7 Å². The van der Waals surface area contributed by atoms with Crippen LogP contribution in [0.25, 0.3) is 10.8 Å². The molecule has 0 radical (unpaired) electrons. The lowest BCUT2D eigenvalue weighted by Gasteiger charge is -2.32. The minimum atomic E-state index is -1.34. The van der Waals surface area contributed by atoms with E-state index in [9.17, 15) is 24.3 Å². The van der Waals surface area contributed by atoms with Crippen LogP contribution in [0.2, 0.25) is 0 Å². The molecule has 2 fully saturated rings. The Morgan fingerprint density at radius 2 is 1.68 bits per heavy atom. The highest BCUT2D eigenvalue weighted by Crippen LogP contribution is 2.47. The number of rotatable bonds is 15. The number of aliphatic hydroxyl groups is 1. The van der Waals surface area contributed by atoms with Gasteiger partial charge in [-0.25, -0.2) is 19.5 Å². The summed E-state index contributed by atoms with van der Waals surface area (Å²) in [6, 6.07) is 18.1. The van der Waals surface area contributed by atoms with E-state index in [1.54, 1.807) is 28.1 Å². The van der Waals surface area contributed by atoms with Gasteiger partial charge in [-0.05, 0) is 92.4 Å². The van der Waals surface area contributed by atoms with E-state index in [0.717, 1.165) is 46.6 Å². The van der Waals surface area contributed by atoms with Crippen LogP contribution in [0.1, 0.15) is 80.6 Å². The van der Waals surface area contributed by atoms with E-state index in [-0.39, 0.29) is 53.5 Å².